The lowest BCUT2D eigenvalue weighted by molar-refractivity contribution is -0.126. The Balaban J connectivity index is 1.73. The third kappa shape index (κ3) is 3.72. The number of nitrogens with one attached hydrogen (secondary N) is 1. The smallest absolute Gasteiger partial charge is 0.242 e. The highest BCUT2D eigenvalue weighted by molar-refractivity contribution is 7.99. The summed E-state index contributed by atoms with van der Waals surface area (Å²) in [4.78, 5) is 15.0. The maximum absolute atomic E-state index is 12.7. The van der Waals surface area contributed by atoms with Crippen LogP contribution in [0.25, 0.3) is 0 Å². The predicted octanol–water partition coefficient (Wildman–Crippen LogP) is 2.69. The van der Waals surface area contributed by atoms with E-state index < -0.39 is 0 Å². The molecule has 3 rings (SSSR count). The first-order chi connectivity index (χ1) is 10.8. The average Bonchev–Trinajstić information content (AvgIpc) is 3.09. The first-order valence-electron chi connectivity index (χ1n) is 7.50. The van der Waals surface area contributed by atoms with Gasteiger partial charge in [0.1, 0.15) is 6.04 Å². The summed E-state index contributed by atoms with van der Waals surface area (Å²) in [6, 6.07) is 11.7. The quantitative estimate of drug-likeness (QED) is 0.921. The van der Waals surface area contributed by atoms with Gasteiger partial charge in [-0.1, -0.05) is 30.3 Å². The topological polar surface area (TPSA) is 45.5 Å². The minimum absolute atomic E-state index is 0.0549. The van der Waals surface area contributed by atoms with Crippen molar-refractivity contribution in [2.45, 2.75) is 12.6 Å². The zero-order chi connectivity index (χ0) is 15.2. The molecule has 0 bridgehead atoms. The van der Waals surface area contributed by atoms with Gasteiger partial charge >= 0.3 is 0 Å². The van der Waals surface area contributed by atoms with Gasteiger partial charge in [0.2, 0.25) is 5.91 Å². The highest BCUT2D eigenvalue weighted by atomic mass is 32.2. The number of thioether (sulfide) groups is 1. The van der Waals surface area contributed by atoms with Crippen LogP contribution < -0.4 is 5.32 Å². The molecule has 22 heavy (non-hydrogen) atoms. The Morgan fingerprint density at radius 3 is 2.68 bits per heavy atom. The SMILES string of the molecule is O=C(NCc1ccoc1)[C@@H](c1ccccc1)N1CCSCC1. The van der Waals surface area contributed by atoms with Crippen molar-refractivity contribution in [3.8, 4) is 0 Å². The Morgan fingerprint density at radius 1 is 1.23 bits per heavy atom. The monoisotopic (exact) mass is 316 g/mol. The van der Waals surface area contributed by atoms with Gasteiger partial charge in [0.05, 0.1) is 12.5 Å². The van der Waals surface area contributed by atoms with Crippen molar-refractivity contribution < 1.29 is 9.21 Å². The minimum Gasteiger partial charge on any atom is -0.472 e. The molecule has 1 aromatic heterocycles. The molecule has 1 atom stereocenters. The fraction of sp³-hybridized carbons (Fsp3) is 0.353. The molecule has 5 heteroatoms. The van der Waals surface area contributed by atoms with E-state index in [0.29, 0.717) is 6.54 Å². The summed E-state index contributed by atoms with van der Waals surface area (Å²) >= 11 is 1.95. The normalized spacial score (nSPS) is 17.1. The van der Waals surface area contributed by atoms with Crippen molar-refractivity contribution in [1.29, 1.82) is 0 Å². The molecule has 1 aliphatic heterocycles. The lowest BCUT2D eigenvalue weighted by Crippen LogP contribution is -2.44. The van der Waals surface area contributed by atoms with Crippen molar-refractivity contribution in [2.75, 3.05) is 24.6 Å². The number of nitrogens with zero attached hydrogens (tertiary/aromatic N) is 1. The minimum atomic E-state index is -0.214. The van der Waals surface area contributed by atoms with Crippen molar-refractivity contribution in [3.05, 3.63) is 60.1 Å². The predicted molar refractivity (Wildman–Crippen MR) is 88.6 cm³/mol. The van der Waals surface area contributed by atoms with E-state index in [1.807, 2.05) is 48.2 Å². The van der Waals surface area contributed by atoms with Crippen LogP contribution >= 0.6 is 11.8 Å². The number of carbonyl (C=O) groups excluding carboxylic acids is 1. The fourth-order valence-corrected chi connectivity index (χ4v) is 3.61. The molecule has 1 saturated heterocycles. The second-order valence-corrected chi connectivity index (χ2v) is 6.54. The Kier molecular flexibility index (Phi) is 5.19. The van der Waals surface area contributed by atoms with E-state index in [4.69, 9.17) is 4.42 Å². The van der Waals surface area contributed by atoms with Crippen molar-refractivity contribution in [1.82, 2.24) is 10.2 Å². The summed E-state index contributed by atoms with van der Waals surface area (Å²) in [7, 11) is 0. The van der Waals surface area contributed by atoms with Crippen LogP contribution in [0.1, 0.15) is 17.2 Å². The average molecular weight is 316 g/mol. The van der Waals surface area contributed by atoms with Crippen molar-refractivity contribution in [2.24, 2.45) is 0 Å². The zero-order valence-corrected chi connectivity index (χ0v) is 13.2. The van der Waals surface area contributed by atoms with E-state index in [1.54, 1.807) is 12.5 Å². The molecule has 1 aliphatic rings. The van der Waals surface area contributed by atoms with E-state index in [2.05, 4.69) is 10.2 Å². The van der Waals surface area contributed by atoms with E-state index >= 15 is 0 Å². The Bertz CT molecular complexity index is 580. The standard InChI is InChI=1S/C17H20N2O2S/c20-17(18-12-14-6-9-21-13-14)16(15-4-2-1-3-5-15)19-7-10-22-11-8-19/h1-6,9,13,16H,7-8,10-12H2,(H,18,20)/t16-/m1/s1. The molecule has 1 N–H and O–H groups in total. The molecule has 0 aliphatic carbocycles. The van der Waals surface area contributed by atoms with E-state index in [1.165, 1.54) is 0 Å². The first-order valence-corrected chi connectivity index (χ1v) is 8.65. The number of furan rings is 1. The molecule has 2 heterocycles. The maximum Gasteiger partial charge on any atom is 0.242 e. The highest BCUT2D eigenvalue weighted by Crippen LogP contribution is 2.24. The third-order valence-electron chi connectivity index (χ3n) is 3.82. The van der Waals surface area contributed by atoms with Gasteiger partial charge in [-0.05, 0) is 11.6 Å². The van der Waals surface area contributed by atoms with Crippen molar-refractivity contribution >= 4 is 17.7 Å². The number of amides is 1. The molecule has 0 spiro atoms. The lowest BCUT2D eigenvalue weighted by atomic mass is 10.0. The van der Waals surface area contributed by atoms with Crippen LogP contribution in [0.2, 0.25) is 0 Å². The first kappa shape index (κ1) is 15.2. The molecule has 0 saturated carbocycles. The van der Waals surface area contributed by atoms with Gasteiger partial charge in [0.25, 0.3) is 0 Å². The Morgan fingerprint density at radius 2 is 2.00 bits per heavy atom. The Labute approximate surface area is 134 Å². The van der Waals surface area contributed by atoms with Crippen LogP contribution in [-0.4, -0.2) is 35.4 Å². The fourth-order valence-electron chi connectivity index (χ4n) is 2.68. The molecule has 4 nitrogen and oxygen atoms in total. The van der Waals surface area contributed by atoms with Crippen LogP contribution in [-0.2, 0) is 11.3 Å². The van der Waals surface area contributed by atoms with Crippen LogP contribution in [0.3, 0.4) is 0 Å². The van der Waals surface area contributed by atoms with E-state index in [0.717, 1.165) is 35.7 Å². The molecule has 1 amide bonds. The van der Waals surface area contributed by atoms with E-state index in [9.17, 15) is 4.79 Å². The van der Waals surface area contributed by atoms with Gasteiger partial charge in [-0.2, -0.15) is 11.8 Å². The number of hydrogen-bond acceptors (Lipinski definition) is 4. The van der Waals surface area contributed by atoms with Gasteiger partial charge < -0.3 is 9.73 Å². The summed E-state index contributed by atoms with van der Waals surface area (Å²) in [6.45, 7) is 2.40. The van der Waals surface area contributed by atoms with Crippen LogP contribution in [0, 0.1) is 0 Å². The molecule has 0 unspecified atom stereocenters. The summed E-state index contributed by atoms with van der Waals surface area (Å²) in [6.07, 6.45) is 3.29. The largest absolute Gasteiger partial charge is 0.472 e. The lowest BCUT2D eigenvalue weighted by Gasteiger charge is -2.33. The molecule has 1 fully saturated rings. The van der Waals surface area contributed by atoms with Gasteiger partial charge in [0, 0.05) is 36.7 Å². The third-order valence-corrected chi connectivity index (χ3v) is 4.76. The number of hydrogen-bond donors (Lipinski definition) is 1. The summed E-state index contributed by atoms with van der Waals surface area (Å²) in [5.41, 5.74) is 2.04. The second-order valence-electron chi connectivity index (χ2n) is 5.31. The molecule has 2 aromatic rings. The summed E-state index contributed by atoms with van der Waals surface area (Å²) in [5, 5.41) is 3.03. The van der Waals surface area contributed by atoms with Gasteiger partial charge in [-0.15, -0.1) is 0 Å². The van der Waals surface area contributed by atoms with Gasteiger partial charge in [-0.3, -0.25) is 9.69 Å². The molecule has 0 radical (unpaired) electrons. The summed E-state index contributed by atoms with van der Waals surface area (Å²) < 4.78 is 5.04. The highest BCUT2D eigenvalue weighted by Gasteiger charge is 2.28. The number of rotatable bonds is 5. The number of benzene rings is 1. The number of carbonyl (C=O) groups is 1. The molecular formula is C17H20N2O2S. The van der Waals surface area contributed by atoms with Crippen LogP contribution in [0.15, 0.2) is 53.3 Å². The zero-order valence-electron chi connectivity index (χ0n) is 12.4. The Hall–Kier alpha value is -1.72. The van der Waals surface area contributed by atoms with E-state index in [-0.39, 0.29) is 11.9 Å². The van der Waals surface area contributed by atoms with Gasteiger partial charge in [-0.25, -0.2) is 0 Å². The van der Waals surface area contributed by atoms with Gasteiger partial charge in [0.15, 0.2) is 0 Å². The molecular weight excluding hydrogens is 296 g/mol. The van der Waals surface area contributed by atoms with Crippen LogP contribution in [0.5, 0.6) is 0 Å². The van der Waals surface area contributed by atoms with Crippen molar-refractivity contribution in [3.63, 3.8) is 0 Å². The maximum atomic E-state index is 12.7. The second kappa shape index (κ2) is 7.51. The summed E-state index contributed by atoms with van der Waals surface area (Å²) in [5.74, 6) is 2.22. The van der Waals surface area contributed by atoms with Crippen LogP contribution in [0.4, 0.5) is 0 Å². The molecule has 1 aromatic carbocycles. The molecule has 116 valence electrons.